The summed E-state index contributed by atoms with van der Waals surface area (Å²) in [7, 11) is 0. The molecule has 1 aliphatic rings. The molecule has 5 N–H and O–H groups in total. The Labute approximate surface area is 144 Å². The van der Waals surface area contributed by atoms with E-state index in [2.05, 4.69) is 10.6 Å². The summed E-state index contributed by atoms with van der Waals surface area (Å²) in [5.41, 5.74) is 0.494. The summed E-state index contributed by atoms with van der Waals surface area (Å²) in [4.78, 5) is 23.8. The highest BCUT2D eigenvalue weighted by molar-refractivity contribution is 6.30. The molecule has 0 aliphatic carbocycles. The molecule has 0 radical (unpaired) electrons. The number of rotatable bonds is 7. The van der Waals surface area contributed by atoms with E-state index >= 15 is 0 Å². The Morgan fingerprint density at radius 3 is 2.29 bits per heavy atom. The van der Waals surface area contributed by atoms with Gasteiger partial charge in [-0.1, -0.05) is 11.6 Å². The van der Waals surface area contributed by atoms with Crippen molar-refractivity contribution in [1.82, 2.24) is 10.6 Å². The molecule has 8 heteroatoms. The summed E-state index contributed by atoms with van der Waals surface area (Å²) in [5.74, 6) is -0.482. The Balaban J connectivity index is 1.74. The van der Waals surface area contributed by atoms with Crippen LogP contribution in [0.3, 0.4) is 0 Å². The van der Waals surface area contributed by atoms with Crippen molar-refractivity contribution in [3.63, 3.8) is 0 Å². The summed E-state index contributed by atoms with van der Waals surface area (Å²) in [6.45, 7) is -0.207. The third kappa shape index (κ3) is 4.75. The average Bonchev–Trinajstić information content (AvgIpc) is 2.86. The van der Waals surface area contributed by atoms with Crippen molar-refractivity contribution in [2.24, 2.45) is 0 Å². The van der Waals surface area contributed by atoms with Gasteiger partial charge in [0.2, 0.25) is 5.91 Å². The van der Waals surface area contributed by atoms with Crippen molar-refractivity contribution >= 4 is 23.3 Å². The molecule has 1 aromatic carbocycles. The number of aliphatic hydroxyl groups excluding tert-OH is 3. The van der Waals surface area contributed by atoms with Crippen LogP contribution < -0.4 is 10.6 Å². The highest BCUT2D eigenvalue weighted by Gasteiger charge is 2.40. The molecule has 132 valence electrons. The van der Waals surface area contributed by atoms with Crippen molar-refractivity contribution in [1.29, 1.82) is 0 Å². The van der Waals surface area contributed by atoms with Crippen LogP contribution in [-0.2, 0) is 4.79 Å². The Hall–Kier alpha value is -1.51. The van der Waals surface area contributed by atoms with Crippen molar-refractivity contribution in [2.45, 2.75) is 37.1 Å². The molecule has 0 spiro atoms. The lowest BCUT2D eigenvalue weighted by Crippen LogP contribution is -2.44. The van der Waals surface area contributed by atoms with Gasteiger partial charge >= 0.3 is 0 Å². The van der Waals surface area contributed by atoms with Crippen molar-refractivity contribution < 1.29 is 24.9 Å². The monoisotopic (exact) mass is 356 g/mol. The quantitative estimate of drug-likeness (QED) is 0.419. The summed E-state index contributed by atoms with van der Waals surface area (Å²) < 4.78 is 0. The van der Waals surface area contributed by atoms with Crippen LogP contribution in [0.4, 0.5) is 0 Å². The van der Waals surface area contributed by atoms with Crippen LogP contribution in [0.15, 0.2) is 24.3 Å². The highest BCUT2D eigenvalue weighted by Crippen LogP contribution is 2.14. The molecule has 1 aromatic rings. The number of nitrogens with one attached hydrogen (secondary N) is 2. The molecular formula is C16H21ClN2O5. The summed E-state index contributed by atoms with van der Waals surface area (Å²) in [5, 5.41) is 34.5. The molecule has 7 nitrogen and oxygen atoms in total. The van der Waals surface area contributed by atoms with E-state index in [1.807, 2.05) is 0 Å². The Bertz CT molecular complexity index is 580. The van der Waals surface area contributed by atoms with E-state index in [4.69, 9.17) is 16.7 Å². The minimum absolute atomic E-state index is 0.0241. The number of Topliss-reactive ketones (excluding diaryl/α,β-unsaturated/α-hetero) is 1. The number of hydrogen-bond donors (Lipinski definition) is 5. The zero-order chi connectivity index (χ0) is 17.7. The van der Waals surface area contributed by atoms with Gasteiger partial charge in [-0.05, 0) is 24.3 Å². The van der Waals surface area contributed by atoms with Gasteiger partial charge in [0.1, 0.15) is 0 Å². The molecule has 4 atom stereocenters. The molecule has 0 unspecified atom stereocenters. The second kappa shape index (κ2) is 8.55. The fraction of sp³-hybridized carbons (Fsp3) is 0.500. The van der Waals surface area contributed by atoms with Gasteiger partial charge in [-0.2, -0.15) is 0 Å². The number of aliphatic hydroxyl groups is 3. The number of benzene rings is 1. The van der Waals surface area contributed by atoms with E-state index < -0.39 is 24.3 Å². The zero-order valence-corrected chi connectivity index (χ0v) is 13.7. The second-order valence-corrected chi connectivity index (χ2v) is 6.21. The number of amides is 1. The van der Waals surface area contributed by atoms with Crippen LogP contribution in [0.2, 0.25) is 5.02 Å². The molecule has 2 rings (SSSR count). The SMILES string of the molecule is O=C(CCC(=O)c1ccc(Cl)cc1)NC[C@H]1N[C@H](CO)[C@H](O)[C@@H]1O. The fourth-order valence-corrected chi connectivity index (χ4v) is 2.73. The van der Waals surface area contributed by atoms with Crippen LogP contribution in [0.1, 0.15) is 23.2 Å². The first-order chi connectivity index (χ1) is 11.4. The van der Waals surface area contributed by atoms with E-state index in [0.717, 1.165) is 0 Å². The average molecular weight is 357 g/mol. The minimum Gasteiger partial charge on any atom is -0.395 e. The lowest BCUT2D eigenvalue weighted by molar-refractivity contribution is -0.121. The highest BCUT2D eigenvalue weighted by atomic mass is 35.5. The lowest BCUT2D eigenvalue weighted by atomic mass is 10.1. The van der Waals surface area contributed by atoms with Gasteiger partial charge in [0.15, 0.2) is 5.78 Å². The topological polar surface area (TPSA) is 119 Å². The summed E-state index contributed by atoms with van der Waals surface area (Å²) in [6, 6.07) is 5.28. The van der Waals surface area contributed by atoms with Gasteiger partial charge in [-0.15, -0.1) is 0 Å². The van der Waals surface area contributed by atoms with Gasteiger partial charge in [-0.25, -0.2) is 0 Å². The number of hydrogen-bond acceptors (Lipinski definition) is 6. The molecule has 0 saturated carbocycles. The first kappa shape index (κ1) is 18.8. The van der Waals surface area contributed by atoms with Crippen LogP contribution >= 0.6 is 11.6 Å². The smallest absolute Gasteiger partial charge is 0.220 e. The van der Waals surface area contributed by atoms with Crippen LogP contribution in [0.25, 0.3) is 0 Å². The Kier molecular flexibility index (Phi) is 6.70. The normalized spacial score (nSPS) is 26.3. The van der Waals surface area contributed by atoms with E-state index in [1.54, 1.807) is 24.3 Å². The minimum atomic E-state index is -1.08. The van der Waals surface area contributed by atoms with Gasteiger partial charge in [0.25, 0.3) is 0 Å². The molecule has 1 fully saturated rings. The molecule has 1 amide bonds. The van der Waals surface area contributed by atoms with Gasteiger partial charge in [0, 0.05) is 30.0 Å². The Morgan fingerprint density at radius 2 is 1.71 bits per heavy atom. The van der Waals surface area contributed by atoms with Crippen molar-refractivity contribution in [3.05, 3.63) is 34.9 Å². The maximum atomic E-state index is 12.0. The van der Waals surface area contributed by atoms with E-state index in [9.17, 15) is 19.8 Å². The predicted octanol–water partition coefficient (Wildman–Crippen LogP) is -0.526. The third-order valence-corrected chi connectivity index (χ3v) is 4.32. The van der Waals surface area contributed by atoms with Crippen LogP contribution in [0.5, 0.6) is 0 Å². The lowest BCUT2D eigenvalue weighted by Gasteiger charge is -2.16. The van der Waals surface area contributed by atoms with Crippen molar-refractivity contribution in [3.8, 4) is 0 Å². The summed E-state index contributed by atoms with van der Waals surface area (Å²) >= 11 is 5.75. The largest absolute Gasteiger partial charge is 0.395 e. The molecule has 1 heterocycles. The number of carbonyl (C=O) groups is 2. The van der Waals surface area contributed by atoms with Gasteiger partial charge in [-0.3, -0.25) is 9.59 Å². The molecule has 24 heavy (non-hydrogen) atoms. The molecule has 0 bridgehead atoms. The third-order valence-electron chi connectivity index (χ3n) is 4.06. The van der Waals surface area contributed by atoms with Gasteiger partial charge < -0.3 is 26.0 Å². The second-order valence-electron chi connectivity index (χ2n) is 5.78. The molecular weight excluding hydrogens is 336 g/mol. The number of halogens is 1. The maximum absolute atomic E-state index is 12.0. The van der Waals surface area contributed by atoms with Crippen LogP contribution in [0, 0.1) is 0 Å². The molecule has 0 aromatic heterocycles. The summed E-state index contributed by atoms with van der Waals surface area (Å²) in [6.07, 6.45) is -2.06. The molecule has 1 aliphatic heterocycles. The predicted molar refractivity (Wildman–Crippen MR) is 87.8 cm³/mol. The first-order valence-corrected chi connectivity index (χ1v) is 8.08. The van der Waals surface area contributed by atoms with Crippen molar-refractivity contribution in [2.75, 3.05) is 13.2 Å². The number of ketones is 1. The number of carbonyl (C=O) groups excluding carboxylic acids is 2. The zero-order valence-electron chi connectivity index (χ0n) is 13.0. The maximum Gasteiger partial charge on any atom is 0.220 e. The first-order valence-electron chi connectivity index (χ1n) is 7.71. The fourth-order valence-electron chi connectivity index (χ4n) is 2.61. The van der Waals surface area contributed by atoms with E-state index in [0.29, 0.717) is 10.6 Å². The molecule has 1 saturated heterocycles. The van der Waals surface area contributed by atoms with E-state index in [-0.39, 0.29) is 37.7 Å². The Morgan fingerprint density at radius 1 is 1.08 bits per heavy atom. The van der Waals surface area contributed by atoms with E-state index in [1.165, 1.54) is 0 Å². The standard InChI is InChI=1S/C16H21ClN2O5/c17-10-3-1-9(2-4-10)13(21)5-6-14(22)18-7-11-15(23)16(24)12(8-20)19-11/h1-4,11-12,15-16,19-20,23-24H,5-8H2,(H,18,22)/t11-,12-,15-,16+/m1/s1. The van der Waals surface area contributed by atoms with Gasteiger partial charge in [0.05, 0.1) is 30.9 Å². The van der Waals surface area contributed by atoms with Crippen LogP contribution in [-0.4, -0.2) is 64.5 Å².